The van der Waals surface area contributed by atoms with Crippen LogP contribution in [0.5, 0.6) is 5.75 Å². The number of carbonyl (C=O) groups is 1. The zero-order valence-electron chi connectivity index (χ0n) is 7.09. The van der Waals surface area contributed by atoms with E-state index in [1.54, 1.807) is 25.1 Å². The third-order valence-corrected chi connectivity index (χ3v) is 1.71. The highest BCUT2D eigenvalue weighted by molar-refractivity contribution is 5.96. The Morgan fingerprint density at radius 1 is 1.50 bits per heavy atom. The molecule has 0 saturated heterocycles. The van der Waals surface area contributed by atoms with Gasteiger partial charge in [0.2, 0.25) is 0 Å². The molecule has 1 amide bonds. The van der Waals surface area contributed by atoms with Crippen LogP contribution in [0, 0.1) is 6.92 Å². The molecular weight excluding hydrogens is 154 g/mol. The quantitative estimate of drug-likeness (QED) is 0.653. The molecule has 0 aliphatic rings. The zero-order chi connectivity index (χ0) is 9.14. The third kappa shape index (κ3) is 1.39. The summed E-state index contributed by atoms with van der Waals surface area (Å²) in [6.07, 6.45) is 0. The van der Waals surface area contributed by atoms with Gasteiger partial charge in [-0.2, -0.15) is 0 Å². The molecule has 0 radical (unpaired) electrons. The smallest absolute Gasteiger partial charge is 0.254 e. The number of amides is 1. The number of benzene rings is 1. The molecule has 0 spiro atoms. The van der Waals surface area contributed by atoms with Crippen LogP contribution in [0.15, 0.2) is 18.2 Å². The van der Waals surface area contributed by atoms with Crippen LogP contribution in [0.4, 0.5) is 0 Å². The summed E-state index contributed by atoms with van der Waals surface area (Å²) < 4.78 is 0. The first-order valence-corrected chi connectivity index (χ1v) is 3.67. The molecule has 0 aliphatic carbocycles. The number of rotatable bonds is 1. The van der Waals surface area contributed by atoms with Crippen LogP contribution in [0.1, 0.15) is 15.9 Å². The number of carbonyl (C=O) groups excluding carboxylic acids is 1. The average Bonchev–Trinajstić information content (AvgIpc) is 2.08. The molecule has 0 saturated carbocycles. The molecule has 1 rings (SSSR count). The van der Waals surface area contributed by atoms with E-state index in [1.165, 1.54) is 7.05 Å². The number of para-hydroxylation sites is 1. The van der Waals surface area contributed by atoms with Crippen molar-refractivity contribution in [1.29, 1.82) is 0 Å². The van der Waals surface area contributed by atoms with Crippen molar-refractivity contribution in [3.05, 3.63) is 29.3 Å². The molecule has 1 aromatic carbocycles. The van der Waals surface area contributed by atoms with Gasteiger partial charge in [0, 0.05) is 7.05 Å². The van der Waals surface area contributed by atoms with E-state index in [-0.39, 0.29) is 11.7 Å². The molecule has 3 nitrogen and oxygen atoms in total. The summed E-state index contributed by atoms with van der Waals surface area (Å²) in [7, 11) is 1.53. The zero-order valence-corrected chi connectivity index (χ0v) is 7.09. The number of phenols is 1. The monoisotopic (exact) mass is 165 g/mol. The van der Waals surface area contributed by atoms with Crippen molar-refractivity contribution in [2.24, 2.45) is 0 Å². The molecule has 64 valence electrons. The van der Waals surface area contributed by atoms with Gasteiger partial charge < -0.3 is 10.4 Å². The van der Waals surface area contributed by atoms with Gasteiger partial charge in [0.15, 0.2) is 0 Å². The van der Waals surface area contributed by atoms with Gasteiger partial charge in [-0.15, -0.1) is 0 Å². The molecule has 0 aromatic heterocycles. The summed E-state index contributed by atoms with van der Waals surface area (Å²) in [6.45, 7) is 1.75. The molecule has 0 unspecified atom stereocenters. The van der Waals surface area contributed by atoms with Gasteiger partial charge in [-0.3, -0.25) is 4.79 Å². The summed E-state index contributed by atoms with van der Waals surface area (Å²) in [5.41, 5.74) is 1.02. The summed E-state index contributed by atoms with van der Waals surface area (Å²) in [5.74, 6) is -0.215. The van der Waals surface area contributed by atoms with E-state index in [9.17, 15) is 9.90 Å². The number of aryl methyl sites for hydroxylation is 1. The van der Waals surface area contributed by atoms with Crippen molar-refractivity contribution in [1.82, 2.24) is 5.32 Å². The highest BCUT2D eigenvalue weighted by Crippen LogP contribution is 2.20. The largest absolute Gasteiger partial charge is 0.507 e. The van der Waals surface area contributed by atoms with Crippen LogP contribution in [0.25, 0.3) is 0 Å². The van der Waals surface area contributed by atoms with Gasteiger partial charge in [0.25, 0.3) is 5.91 Å². The number of nitrogens with one attached hydrogen (secondary N) is 1. The predicted octanol–water partition coefficient (Wildman–Crippen LogP) is 1.06. The Balaban J connectivity index is 3.16. The lowest BCUT2D eigenvalue weighted by Crippen LogP contribution is -2.17. The van der Waals surface area contributed by atoms with E-state index in [0.29, 0.717) is 11.1 Å². The predicted molar refractivity (Wildman–Crippen MR) is 46.2 cm³/mol. The van der Waals surface area contributed by atoms with E-state index in [4.69, 9.17) is 0 Å². The average molecular weight is 165 g/mol. The molecular formula is C9H11NO2. The molecule has 3 heteroatoms. The Bertz CT molecular complexity index is 307. The maximum atomic E-state index is 11.1. The molecule has 12 heavy (non-hydrogen) atoms. The van der Waals surface area contributed by atoms with E-state index >= 15 is 0 Å². The highest BCUT2D eigenvalue weighted by atomic mass is 16.3. The van der Waals surface area contributed by atoms with E-state index < -0.39 is 0 Å². The molecule has 2 N–H and O–H groups in total. The lowest BCUT2D eigenvalue weighted by molar-refractivity contribution is 0.0960. The fourth-order valence-corrected chi connectivity index (χ4v) is 0.977. The number of aromatic hydroxyl groups is 1. The van der Waals surface area contributed by atoms with E-state index in [2.05, 4.69) is 5.32 Å². The van der Waals surface area contributed by atoms with Gasteiger partial charge in [0.1, 0.15) is 5.75 Å². The highest BCUT2D eigenvalue weighted by Gasteiger charge is 2.09. The number of phenolic OH excluding ortho intramolecular Hbond substituents is 1. The second kappa shape index (κ2) is 3.26. The third-order valence-electron chi connectivity index (χ3n) is 1.71. The minimum absolute atomic E-state index is 0.0526. The van der Waals surface area contributed by atoms with Crippen molar-refractivity contribution in [3.8, 4) is 5.75 Å². The number of hydrogen-bond acceptors (Lipinski definition) is 2. The van der Waals surface area contributed by atoms with Crippen molar-refractivity contribution >= 4 is 5.91 Å². The van der Waals surface area contributed by atoms with E-state index in [0.717, 1.165) is 0 Å². The Hall–Kier alpha value is -1.51. The van der Waals surface area contributed by atoms with Crippen molar-refractivity contribution < 1.29 is 9.90 Å². The molecule has 0 atom stereocenters. The Morgan fingerprint density at radius 2 is 2.17 bits per heavy atom. The minimum Gasteiger partial charge on any atom is -0.507 e. The lowest BCUT2D eigenvalue weighted by atomic mass is 10.1. The van der Waals surface area contributed by atoms with Gasteiger partial charge in [-0.05, 0) is 18.6 Å². The van der Waals surface area contributed by atoms with Gasteiger partial charge in [0.05, 0.1) is 5.56 Å². The van der Waals surface area contributed by atoms with Crippen LogP contribution in [-0.4, -0.2) is 18.1 Å². The van der Waals surface area contributed by atoms with Crippen LogP contribution < -0.4 is 5.32 Å². The lowest BCUT2D eigenvalue weighted by Gasteiger charge is -2.04. The van der Waals surface area contributed by atoms with Gasteiger partial charge >= 0.3 is 0 Å². The molecule has 0 fully saturated rings. The summed E-state index contributed by atoms with van der Waals surface area (Å²) in [4.78, 5) is 11.1. The van der Waals surface area contributed by atoms with E-state index in [1.807, 2.05) is 0 Å². The second-order valence-electron chi connectivity index (χ2n) is 2.55. The fourth-order valence-electron chi connectivity index (χ4n) is 0.977. The molecule has 1 aromatic rings. The standard InChI is InChI=1S/C9H11NO2/c1-6-4-3-5-7(8(6)11)9(12)10-2/h3-5,11H,1-2H3,(H,10,12). The van der Waals surface area contributed by atoms with Crippen LogP contribution in [0.3, 0.4) is 0 Å². The normalized spacial score (nSPS) is 9.50. The van der Waals surface area contributed by atoms with Crippen molar-refractivity contribution in [2.45, 2.75) is 6.92 Å². The fraction of sp³-hybridized carbons (Fsp3) is 0.222. The van der Waals surface area contributed by atoms with Crippen LogP contribution in [0.2, 0.25) is 0 Å². The van der Waals surface area contributed by atoms with Crippen molar-refractivity contribution in [3.63, 3.8) is 0 Å². The van der Waals surface area contributed by atoms with Crippen LogP contribution >= 0.6 is 0 Å². The Kier molecular flexibility index (Phi) is 2.33. The first kappa shape index (κ1) is 8.59. The Labute approximate surface area is 71.0 Å². The molecule has 0 heterocycles. The summed E-state index contributed by atoms with van der Waals surface area (Å²) >= 11 is 0. The summed E-state index contributed by atoms with van der Waals surface area (Å²) in [5, 5.41) is 11.9. The topological polar surface area (TPSA) is 49.3 Å². The first-order chi connectivity index (χ1) is 5.66. The molecule has 0 bridgehead atoms. The van der Waals surface area contributed by atoms with Crippen LogP contribution in [-0.2, 0) is 0 Å². The van der Waals surface area contributed by atoms with Gasteiger partial charge in [-0.25, -0.2) is 0 Å². The first-order valence-electron chi connectivity index (χ1n) is 3.67. The van der Waals surface area contributed by atoms with Crippen molar-refractivity contribution in [2.75, 3.05) is 7.05 Å². The van der Waals surface area contributed by atoms with Gasteiger partial charge in [-0.1, -0.05) is 12.1 Å². The molecule has 0 aliphatic heterocycles. The Morgan fingerprint density at radius 3 is 2.75 bits per heavy atom. The SMILES string of the molecule is CNC(=O)c1cccc(C)c1O. The maximum absolute atomic E-state index is 11.1. The maximum Gasteiger partial charge on any atom is 0.254 e. The summed E-state index contributed by atoms with van der Waals surface area (Å²) in [6, 6.07) is 5.07. The number of hydrogen-bond donors (Lipinski definition) is 2. The second-order valence-corrected chi connectivity index (χ2v) is 2.55. The minimum atomic E-state index is -0.267.